The molecular formula is C14H14BrN5. The Labute approximate surface area is 124 Å². The lowest BCUT2D eigenvalue weighted by Crippen LogP contribution is -2.03. The average molecular weight is 332 g/mol. The summed E-state index contributed by atoms with van der Waals surface area (Å²) in [5.41, 5.74) is 9.91. The first kappa shape index (κ1) is 12.9. The molecule has 0 bridgehead atoms. The van der Waals surface area contributed by atoms with E-state index in [1.807, 2.05) is 18.2 Å². The van der Waals surface area contributed by atoms with Gasteiger partial charge in [-0.15, -0.1) is 0 Å². The highest BCUT2D eigenvalue weighted by atomic mass is 79.9. The van der Waals surface area contributed by atoms with Crippen LogP contribution in [0.25, 0.3) is 10.9 Å². The van der Waals surface area contributed by atoms with E-state index in [1.165, 1.54) is 0 Å². The van der Waals surface area contributed by atoms with Gasteiger partial charge < -0.3 is 11.1 Å². The van der Waals surface area contributed by atoms with E-state index in [0.717, 1.165) is 32.3 Å². The van der Waals surface area contributed by atoms with Crippen molar-refractivity contribution in [3.8, 4) is 0 Å². The largest absolute Gasteiger partial charge is 0.384 e. The quantitative estimate of drug-likeness (QED) is 0.688. The summed E-state index contributed by atoms with van der Waals surface area (Å²) in [5.74, 6) is 0.502. The maximum atomic E-state index is 5.89. The van der Waals surface area contributed by atoms with Crippen LogP contribution in [0.1, 0.15) is 11.3 Å². The molecule has 0 spiro atoms. The Hall–Kier alpha value is -2.08. The number of halogens is 1. The van der Waals surface area contributed by atoms with E-state index in [9.17, 15) is 0 Å². The second kappa shape index (κ2) is 5.13. The van der Waals surface area contributed by atoms with Gasteiger partial charge in [0.05, 0.1) is 17.8 Å². The first-order valence-electron chi connectivity index (χ1n) is 6.22. The van der Waals surface area contributed by atoms with Crippen molar-refractivity contribution in [2.24, 2.45) is 0 Å². The Morgan fingerprint density at radius 3 is 2.95 bits per heavy atom. The third kappa shape index (κ3) is 2.46. The number of nitrogens with two attached hydrogens (primary N) is 1. The Kier molecular flexibility index (Phi) is 3.31. The van der Waals surface area contributed by atoms with Crippen LogP contribution < -0.4 is 11.1 Å². The number of aromatic nitrogens is 3. The summed E-state index contributed by atoms with van der Waals surface area (Å²) in [6.45, 7) is 2.72. The van der Waals surface area contributed by atoms with E-state index in [-0.39, 0.29) is 0 Å². The zero-order valence-corrected chi connectivity index (χ0v) is 12.5. The molecule has 0 atom stereocenters. The van der Waals surface area contributed by atoms with Gasteiger partial charge in [-0.3, -0.25) is 5.10 Å². The molecule has 1 aromatic carbocycles. The zero-order valence-electron chi connectivity index (χ0n) is 10.9. The van der Waals surface area contributed by atoms with Gasteiger partial charge in [-0.25, -0.2) is 4.98 Å². The van der Waals surface area contributed by atoms with Crippen molar-refractivity contribution in [2.75, 3.05) is 11.1 Å². The maximum Gasteiger partial charge on any atom is 0.126 e. The van der Waals surface area contributed by atoms with Gasteiger partial charge in [-0.05, 0) is 30.7 Å². The number of fused-ring (bicyclic) bond motifs is 1. The number of aromatic amines is 1. The molecule has 0 aliphatic rings. The van der Waals surface area contributed by atoms with E-state index in [0.29, 0.717) is 12.4 Å². The molecule has 20 heavy (non-hydrogen) atoms. The van der Waals surface area contributed by atoms with Crippen LogP contribution >= 0.6 is 15.9 Å². The lowest BCUT2D eigenvalue weighted by Gasteiger charge is -2.12. The van der Waals surface area contributed by atoms with Crippen molar-refractivity contribution in [1.82, 2.24) is 15.2 Å². The molecule has 3 rings (SSSR count). The van der Waals surface area contributed by atoms with Crippen LogP contribution in [-0.2, 0) is 6.54 Å². The standard InChI is InChI=1S/C14H14BrN5/c1-8-4-9(15)5-12-14(8)11(6-13(16)19-12)17-7-10-2-3-18-20-10/h2-6H,7H2,1H3,(H,18,20)(H3,16,17,19). The number of nitrogens with zero attached hydrogens (tertiary/aromatic N) is 2. The highest BCUT2D eigenvalue weighted by Crippen LogP contribution is 2.30. The van der Waals surface area contributed by atoms with Crippen molar-refractivity contribution in [3.63, 3.8) is 0 Å². The molecule has 102 valence electrons. The molecule has 0 fully saturated rings. The van der Waals surface area contributed by atoms with Crippen LogP contribution in [0.2, 0.25) is 0 Å². The van der Waals surface area contributed by atoms with Crippen molar-refractivity contribution in [2.45, 2.75) is 13.5 Å². The molecule has 4 N–H and O–H groups in total. The lowest BCUT2D eigenvalue weighted by molar-refractivity contribution is 0.982. The maximum absolute atomic E-state index is 5.89. The van der Waals surface area contributed by atoms with E-state index in [1.54, 1.807) is 6.20 Å². The Balaban J connectivity index is 2.05. The van der Waals surface area contributed by atoms with Crippen LogP contribution in [0.15, 0.2) is 34.9 Å². The van der Waals surface area contributed by atoms with Gasteiger partial charge in [-0.1, -0.05) is 15.9 Å². The molecule has 2 aromatic heterocycles. The molecule has 0 unspecified atom stereocenters. The number of hydrogen-bond acceptors (Lipinski definition) is 4. The predicted molar refractivity (Wildman–Crippen MR) is 84.5 cm³/mol. The minimum Gasteiger partial charge on any atom is -0.384 e. The molecule has 0 amide bonds. The van der Waals surface area contributed by atoms with Crippen molar-refractivity contribution in [1.29, 1.82) is 0 Å². The first-order chi connectivity index (χ1) is 9.63. The average Bonchev–Trinajstić information content (AvgIpc) is 2.87. The molecule has 6 heteroatoms. The number of rotatable bonds is 3. The molecule has 5 nitrogen and oxygen atoms in total. The molecule has 3 aromatic rings. The topological polar surface area (TPSA) is 79.6 Å². The van der Waals surface area contributed by atoms with E-state index in [4.69, 9.17) is 5.73 Å². The molecule has 0 saturated heterocycles. The van der Waals surface area contributed by atoms with Crippen LogP contribution in [0.4, 0.5) is 11.5 Å². The number of anilines is 2. The fourth-order valence-corrected chi connectivity index (χ4v) is 2.83. The van der Waals surface area contributed by atoms with Gasteiger partial charge in [0.2, 0.25) is 0 Å². The Morgan fingerprint density at radius 2 is 2.20 bits per heavy atom. The van der Waals surface area contributed by atoms with Gasteiger partial charge in [0.25, 0.3) is 0 Å². The summed E-state index contributed by atoms with van der Waals surface area (Å²) < 4.78 is 1.00. The minimum absolute atomic E-state index is 0.502. The normalized spacial score (nSPS) is 10.9. The summed E-state index contributed by atoms with van der Waals surface area (Å²) in [7, 11) is 0. The van der Waals surface area contributed by atoms with Crippen molar-refractivity contribution >= 4 is 38.3 Å². The van der Waals surface area contributed by atoms with E-state index >= 15 is 0 Å². The highest BCUT2D eigenvalue weighted by molar-refractivity contribution is 9.10. The predicted octanol–water partition coefficient (Wildman–Crippen LogP) is 3.22. The number of nitrogen functional groups attached to an aromatic ring is 1. The number of H-pyrrole nitrogens is 1. The van der Waals surface area contributed by atoms with Crippen LogP contribution in [0.5, 0.6) is 0 Å². The van der Waals surface area contributed by atoms with Crippen LogP contribution in [0.3, 0.4) is 0 Å². The van der Waals surface area contributed by atoms with Crippen molar-refractivity contribution in [3.05, 3.63) is 46.2 Å². The fraction of sp³-hybridized carbons (Fsp3) is 0.143. The number of hydrogen-bond donors (Lipinski definition) is 3. The molecule has 0 radical (unpaired) electrons. The summed E-state index contributed by atoms with van der Waals surface area (Å²) >= 11 is 3.49. The second-order valence-corrected chi connectivity index (χ2v) is 5.56. The van der Waals surface area contributed by atoms with Gasteiger partial charge in [0.15, 0.2) is 0 Å². The highest BCUT2D eigenvalue weighted by Gasteiger charge is 2.08. The fourth-order valence-electron chi connectivity index (χ4n) is 2.27. The Morgan fingerprint density at radius 1 is 1.35 bits per heavy atom. The SMILES string of the molecule is Cc1cc(Br)cc2nc(N)cc(NCc3ccn[nH]3)c12. The van der Waals surface area contributed by atoms with Gasteiger partial charge in [0.1, 0.15) is 5.82 Å². The van der Waals surface area contributed by atoms with E-state index < -0.39 is 0 Å². The number of aryl methyl sites for hydroxylation is 1. The Bertz CT molecular complexity index is 747. The van der Waals surface area contributed by atoms with Crippen LogP contribution in [0, 0.1) is 6.92 Å². The molecule has 0 aliphatic carbocycles. The summed E-state index contributed by atoms with van der Waals surface area (Å²) in [4.78, 5) is 4.39. The summed E-state index contributed by atoms with van der Waals surface area (Å²) in [6.07, 6.45) is 1.73. The summed E-state index contributed by atoms with van der Waals surface area (Å²) in [5, 5.41) is 11.3. The second-order valence-electron chi connectivity index (χ2n) is 4.65. The molecule has 0 aliphatic heterocycles. The third-order valence-corrected chi connectivity index (χ3v) is 3.58. The molecular weight excluding hydrogens is 318 g/mol. The first-order valence-corrected chi connectivity index (χ1v) is 7.01. The van der Waals surface area contributed by atoms with Gasteiger partial charge >= 0.3 is 0 Å². The van der Waals surface area contributed by atoms with Gasteiger partial charge in [-0.2, -0.15) is 5.10 Å². The monoisotopic (exact) mass is 331 g/mol. The zero-order chi connectivity index (χ0) is 14.1. The smallest absolute Gasteiger partial charge is 0.126 e. The minimum atomic E-state index is 0.502. The third-order valence-electron chi connectivity index (χ3n) is 3.12. The summed E-state index contributed by atoms with van der Waals surface area (Å²) in [6, 6.07) is 7.84. The lowest BCUT2D eigenvalue weighted by atomic mass is 10.1. The van der Waals surface area contributed by atoms with Gasteiger partial charge in [0, 0.05) is 27.8 Å². The van der Waals surface area contributed by atoms with Crippen LogP contribution in [-0.4, -0.2) is 15.2 Å². The number of benzene rings is 1. The number of pyridine rings is 1. The number of nitrogens with one attached hydrogen (secondary N) is 2. The molecule has 0 saturated carbocycles. The van der Waals surface area contributed by atoms with E-state index in [2.05, 4.69) is 49.4 Å². The molecule has 2 heterocycles. The van der Waals surface area contributed by atoms with Crippen molar-refractivity contribution < 1.29 is 0 Å².